The highest BCUT2D eigenvalue weighted by atomic mass is 16.6. The van der Waals surface area contributed by atoms with E-state index in [1.165, 1.54) is 50.6 Å². The number of nitro groups is 1. The molecule has 0 radical (unpaired) electrons. The zero-order valence-electron chi connectivity index (χ0n) is 23.3. The van der Waals surface area contributed by atoms with Crippen LogP contribution in [0.15, 0.2) is 109 Å². The number of non-ortho nitro benzene ring substituents is 1. The molecule has 0 saturated carbocycles. The van der Waals surface area contributed by atoms with Crippen molar-refractivity contribution in [2.24, 2.45) is 0 Å². The van der Waals surface area contributed by atoms with Crippen LogP contribution in [0.5, 0.6) is 11.5 Å². The van der Waals surface area contributed by atoms with E-state index < -0.39 is 16.7 Å². The number of carbonyl (C=O) groups is 3. The molecule has 0 heterocycles. The van der Waals surface area contributed by atoms with Crippen molar-refractivity contribution >= 4 is 41.1 Å². The first kappa shape index (κ1) is 29.9. The molecule has 4 aromatic carbocycles. The topological polar surface area (TPSA) is 137 Å². The molecule has 0 fully saturated rings. The molecule has 0 unspecified atom stereocenters. The summed E-state index contributed by atoms with van der Waals surface area (Å²) >= 11 is 0. The molecular formula is C33H27N3O7. The van der Waals surface area contributed by atoms with Gasteiger partial charge in [0.25, 0.3) is 17.5 Å². The number of anilines is 1. The van der Waals surface area contributed by atoms with Crippen molar-refractivity contribution in [1.29, 1.82) is 0 Å². The molecule has 2 N–H and O–H groups in total. The first-order valence-corrected chi connectivity index (χ1v) is 13.0. The minimum atomic E-state index is -0.633. The van der Waals surface area contributed by atoms with Crippen LogP contribution >= 0.6 is 0 Å². The van der Waals surface area contributed by atoms with Crippen LogP contribution < -0.4 is 20.1 Å². The number of carbonyl (C=O) groups excluding carboxylic acids is 3. The smallest absolute Gasteiger partial charge is 0.272 e. The first-order valence-electron chi connectivity index (χ1n) is 13.0. The molecule has 10 nitrogen and oxygen atoms in total. The van der Waals surface area contributed by atoms with Crippen molar-refractivity contribution < 1.29 is 28.8 Å². The summed E-state index contributed by atoms with van der Waals surface area (Å²) in [5.41, 5.74) is 2.04. The fraction of sp³-hybridized carbons (Fsp3) is 0.0606. The summed E-state index contributed by atoms with van der Waals surface area (Å²) in [6.07, 6.45) is 4.45. The number of nitro benzene ring substituents is 1. The van der Waals surface area contributed by atoms with Gasteiger partial charge in [-0.05, 0) is 78.4 Å². The highest BCUT2D eigenvalue weighted by molar-refractivity contribution is 6.11. The van der Waals surface area contributed by atoms with Crippen LogP contribution in [0.25, 0.3) is 12.2 Å². The molecule has 10 heteroatoms. The highest BCUT2D eigenvalue weighted by Crippen LogP contribution is 2.31. The Bertz CT molecular complexity index is 1700. The normalized spacial score (nSPS) is 11.1. The van der Waals surface area contributed by atoms with Crippen LogP contribution in [0.2, 0.25) is 0 Å². The number of hydrogen-bond donors (Lipinski definition) is 2. The molecule has 0 aliphatic rings. The van der Waals surface area contributed by atoms with Gasteiger partial charge in [-0.15, -0.1) is 0 Å². The quantitative estimate of drug-likeness (QED) is 0.0977. The molecule has 0 aliphatic carbocycles. The second-order valence-electron chi connectivity index (χ2n) is 9.04. The van der Waals surface area contributed by atoms with E-state index in [1.807, 2.05) is 0 Å². The van der Waals surface area contributed by atoms with Gasteiger partial charge in [-0.3, -0.25) is 24.5 Å². The molecule has 4 rings (SSSR count). The zero-order valence-corrected chi connectivity index (χ0v) is 23.3. The third kappa shape index (κ3) is 7.80. The van der Waals surface area contributed by atoms with E-state index in [-0.39, 0.29) is 17.2 Å². The second kappa shape index (κ2) is 14.0. The standard InChI is InChI=1S/C33H27N3O7/c1-42-30-10-6-9-24(31(30)43-2)15-20-29(37)23-13-16-26(17-14-23)34-33(39)28(35-32(38)25-7-4-3-5-8-25)21-22-11-18-27(19-12-22)36(40)41/h3-21H,1-2H3,(H,34,39)(H,35,38)/b20-15+,28-21-. The van der Waals surface area contributed by atoms with Gasteiger partial charge in [-0.2, -0.15) is 0 Å². The van der Waals surface area contributed by atoms with Gasteiger partial charge >= 0.3 is 0 Å². The molecular weight excluding hydrogens is 550 g/mol. The molecule has 0 aromatic heterocycles. The largest absolute Gasteiger partial charge is 0.493 e. The van der Waals surface area contributed by atoms with Crippen LogP contribution in [0.4, 0.5) is 11.4 Å². The number of para-hydroxylation sites is 1. The van der Waals surface area contributed by atoms with Gasteiger partial charge in [0.1, 0.15) is 5.70 Å². The van der Waals surface area contributed by atoms with Crippen molar-refractivity contribution in [2.45, 2.75) is 0 Å². The Kier molecular flexibility index (Phi) is 9.78. The van der Waals surface area contributed by atoms with Crippen LogP contribution in [0.3, 0.4) is 0 Å². The molecule has 0 saturated heterocycles. The second-order valence-corrected chi connectivity index (χ2v) is 9.04. The number of methoxy groups -OCH3 is 2. The van der Waals surface area contributed by atoms with Gasteiger partial charge in [0.05, 0.1) is 19.1 Å². The number of amides is 2. The first-order chi connectivity index (χ1) is 20.8. The third-order valence-electron chi connectivity index (χ3n) is 6.22. The number of nitrogens with zero attached hydrogens (tertiary/aromatic N) is 1. The van der Waals surface area contributed by atoms with Crippen LogP contribution in [-0.2, 0) is 4.79 Å². The maximum atomic E-state index is 13.2. The fourth-order valence-corrected chi connectivity index (χ4v) is 4.02. The third-order valence-corrected chi connectivity index (χ3v) is 6.22. The summed E-state index contributed by atoms with van der Waals surface area (Å²) in [6, 6.07) is 25.5. The number of ketones is 1. The Labute approximate surface area is 247 Å². The number of benzene rings is 4. The molecule has 0 bridgehead atoms. The Morgan fingerprint density at radius 3 is 2.12 bits per heavy atom. The maximum absolute atomic E-state index is 13.2. The number of allylic oxidation sites excluding steroid dienone is 1. The molecule has 216 valence electrons. The molecule has 43 heavy (non-hydrogen) atoms. The Morgan fingerprint density at radius 1 is 0.791 bits per heavy atom. The highest BCUT2D eigenvalue weighted by Gasteiger charge is 2.16. The molecule has 0 spiro atoms. The number of ether oxygens (including phenoxy) is 2. The number of nitrogens with one attached hydrogen (secondary N) is 2. The van der Waals surface area contributed by atoms with Crippen molar-refractivity contribution in [3.63, 3.8) is 0 Å². The lowest BCUT2D eigenvalue weighted by molar-refractivity contribution is -0.384. The summed E-state index contributed by atoms with van der Waals surface area (Å²) in [4.78, 5) is 49.3. The Balaban J connectivity index is 1.51. The van der Waals surface area contributed by atoms with Gasteiger partial charge < -0.3 is 20.1 Å². The lowest BCUT2D eigenvalue weighted by Gasteiger charge is -2.12. The van der Waals surface area contributed by atoms with Crippen LogP contribution in [0.1, 0.15) is 31.8 Å². The van der Waals surface area contributed by atoms with E-state index in [0.717, 1.165) is 0 Å². The van der Waals surface area contributed by atoms with Crippen molar-refractivity contribution in [3.05, 3.63) is 141 Å². The molecule has 0 aliphatic heterocycles. The predicted octanol–water partition coefficient (Wildman–Crippen LogP) is 5.92. The lowest BCUT2D eigenvalue weighted by atomic mass is 10.1. The van der Waals surface area contributed by atoms with E-state index in [9.17, 15) is 24.5 Å². The van der Waals surface area contributed by atoms with Gasteiger partial charge in [0.15, 0.2) is 17.3 Å². The van der Waals surface area contributed by atoms with Gasteiger partial charge in [-0.25, -0.2) is 0 Å². The minimum absolute atomic E-state index is 0.0852. The Hall–Kier alpha value is -6.03. The van der Waals surface area contributed by atoms with E-state index >= 15 is 0 Å². The average molecular weight is 578 g/mol. The predicted molar refractivity (Wildman–Crippen MR) is 163 cm³/mol. The summed E-state index contributed by atoms with van der Waals surface area (Å²) in [5, 5.41) is 16.3. The molecule has 2 amide bonds. The summed E-state index contributed by atoms with van der Waals surface area (Å²) in [7, 11) is 3.05. The number of rotatable bonds is 11. The minimum Gasteiger partial charge on any atom is -0.493 e. The fourth-order valence-electron chi connectivity index (χ4n) is 4.02. The maximum Gasteiger partial charge on any atom is 0.272 e. The molecule has 0 atom stereocenters. The van der Waals surface area contributed by atoms with E-state index in [0.29, 0.717) is 39.4 Å². The van der Waals surface area contributed by atoms with Gasteiger partial charge in [0.2, 0.25) is 0 Å². The van der Waals surface area contributed by atoms with Crippen molar-refractivity contribution in [1.82, 2.24) is 5.32 Å². The Morgan fingerprint density at radius 2 is 1.49 bits per heavy atom. The van der Waals surface area contributed by atoms with Crippen molar-refractivity contribution in [2.75, 3.05) is 19.5 Å². The van der Waals surface area contributed by atoms with E-state index in [4.69, 9.17) is 9.47 Å². The van der Waals surface area contributed by atoms with Crippen molar-refractivity contribution in [3.8, 4) is 11.5 Å². The van der Waals surface area contributed by atoms with Crippen LogP contribution in [0, 0.1) is 10.1 Å². The summed E-state index contributed by atoms with van der Waals surface area (Å²) in [5.74, 6) is -0.365. The summed E-state index contributed by atoms with van der Waals surface area (Å²) in [6.45, 7) is 0. The van der Waals surface area contributed by atoms with Gasteiger partial charge in [-0.1, -0.05) is 30.3 Å². The summed E-state index contributed by atoms with van der Waals surface area (Å²) < 4.78 is 10.7. The van der Waals surface area contributed by atoms with Crippen LogP contribution in [-0.4, -0.2) is 36.7 Å². The molecule has 4 aromatic rings. The average Bonchev–Trinajstić information content (AvgIpc) is 3.03. The lowest BCUT2D eigenvalue weighted by Crippen LogP contribution is -2.30. The van der Waals surface area contributed by atoms with E-state index in [2.05, 4.69) is 10.6 Å². The van der Waals surface area contributed by atoms with Gasteiger partial charge in [0, 0.05) is 34.5 Å². The van der Waals surface area contributed by atoms with E-state index in [1.54, 1.807) is 78.9 Å². The number of hydrogen-bond acceptors (Lipinski definition) is 7. The monoisotopic (exact) mass is 577 g/mol. The zero-order chi connectivity index (χ0) is 30.8. The SMILES string of the molecule is COc1cccc(/C=C/C(=O)c2ccc(NC(=O)/C(=C/c3ccc([N+](=O)[O-])cc3)NC(=O)c3ccccc3)cc2)c1OC.